The number of aryl methyl sites for hydroxylation is 1. The van der Waals surface area contributed by atoms with Crippen LogP contribution in [0.3, 0.4) is 0 Å². The Hall–Kier alpha value is -3.93. The molecule has 0 aliphatic heterocycles. The van der Waals surface area contributed by atoms with Gasteiger partial charge in [-0.2, -0.15) is 0 Å². The molecule has 0 spiro atoms. The summed E-state index contributed by atoms with van der Waals surface area (Å²) in [5.41, 5.74) is 3.98. The normalized spacial score (nSPS) is 10.3. The molecule has 0 saturated carbocycles. The van der Waals surface area contributed by atoms with E-state index in [1.165, 1.54) is 0 Å². The monoisotopic (exact) mass is 415 g/mol. The van der Waals surface area contributed by atoms with Crippen LogP contribution in [-0.2, 0) is 6.54 Å². The lowest BCUT2D eigenvalue weighted by Gasteiger charge is -2.19. The summed E-state index contributed by atoms with van der Waals surface area (Å²) in [5.74, 6) is -0.538. The molecule has 0 radical (unpaired) electrons. The first kappa shape index (κ1) is 21.8. The standard InChI is InChI=1S/C25H25N3O3/c1-17-9-12-21(15-22(17)27-24(30)19-7-5-4-6-8-19)25(31)28(3)16-18-10-13-20(14-11-18)23(29)26-2/h4-15H,16H2,1-3H3,(H,26,29)(H,27,30). The molecule has 3 aromatic rings. The number of nitrogens with one attached hydrogen (secondary N) is 2. The van der Waals surface area contributed by atoms with E-state index < -0.39 is 0 Å². The predicted molar refractivity (Wildman–Crippen MR) is 121 cm³/mol. The summed E-state index contributed by atoms with van der Waals surface area (Å²) in [7, 11) is 3.30. The highest BCUT2D eigenvalue weighted by molar-refractivity contribution is 6.05. The number of hydrogen-bond donors (Lipinski definition) is 2. The van der Waals surface area contributed by atoms with E-state index in [-0.39, 0.29) is 17.7 Å². The number of amides is 3. The summed E-state index contributed by atoms with van der Waals surface area (Å²) in [4.78, 5) is 38.7. The van der Waals surface area contributed by atoms with Crippen molar-refractivity contribution in [2.24, 2.45) is 0 Å². The van der Waals surface area contributed by atoms with Crippen molar-refractivity contribution in [3.05, 3.63) is 101 Å². The maximum atomic E-state index is 12.9. The third-order valence-electron chi connectivity index (χ3n) is 4.98. The second-order valence-corrected chi connectivity index (χ2v) is 7.29. The third-order valence-corrected chi connectivity index (χ3v) is 4.98. The largest absolute Gasteiger partial charge is 0.355 e. The van der Waals surface area contributed by atoms with Gasteiger partial charge in [0, 0.05) is 43.0 Å². The lowest BCUT2D eigenvalue weighted by molar-refractivity contribution is 0.0784. The highest BCUT2D eigenvalue weighted by Gasteiger charge is 2.15. The minimum atomic E-state index is -0.224. The molecule has 0 saturated heterocycles. The van der Waals surface area contributed by atoms with Crippen LogP contribution in [0.2, 0.25) is 0 Å². The smallest absolute Gasteiger partial charge is 0.255 e. The Balaban J connectivity index is 1.71. The van der Waals surface area contributed by atoms with Crippen molar-refractivity contribution in [1.82, 2.24) is 10.2 Å². The zero-order valence-electron chi connectivity index (χ0n) is 17.8. The second kappa shape index (κ2) is 9.71. The Bertz CT molecular complexity index is 1090. The molecule has 0 aromatic heterocycles. The zero-order chi connectivity index (χ0) is 22.4. The van der Waals surface area contributed by atoms with Crippen LogP contribution in [0, 0.1) is 6.92 Å². The molecule has 3 rings (SSSR count). The van der Waals surface area contributed by atoms with Gasteiger partial charge in [0.05, 0.1) is 0 Å². The molecular formula is C25H25N3O3. The van der Waals surface area contributed by atoms with Gasteiger partial charge >= 0.3 is 0 Å². The molecule has 0 aliphatic carbocycles. The minimum Gasteiger partial charge on any atom is -0.355 e. The average Bonchev–Trinajstić information content (AvgIpc) is 2.80. The van der Waals surface area contributed by atoms with Crippen LogP contribution in [0.25, 0.3) is 0 Å². The highest BCUT2D eigenvalue weighted by atomic mass is 16.2. The average molecular weight is 415 g/mol. The molecule has 3 aromatic carbocycles. The zero-order valence-corrected chi connectivity index (χ0v) is 17.8. The van der Waals surface area contributed by atoms with E-state index in [0.717, 1.165) is 11.1 Å². The van der Waals surface area contributed by atoms with Crippen molar-refractivity contribution in [3.63, 3.8) is 0 Å². The Morgan fingerprint density at radius 3 is 2.06 bits per heavy atom. The molecule has 0 unspecified atom stereocenters. The first-order valence-electron chi connectivity index (χ1n) is 9.92. The molecule has 0 heterocycles. The fraction of sp³-hybridized carbons (Fsp3) is 0.160. The Labute approximate surface area is 181 Å². The van der Waals surface area contributed by atoms with Crippen LogP contribution < -0.4 is 10.6 Å². The maximum Gasteiger partial charge on any atom is 0.255 e. The van der Waals surface area contributed by atoms with Crippen molar-refractivity contribution < 1.29 is 14.4 Å². The molecule has 0 aliphatic rings. The van der Waals surface area contributed by atoms with E-state index in [4.69, 9.17) is 0 Å². The Morgan fingerprint density at radius 2 is 1.42 bits per heavy atom. The number of carbonyl (C=O) groups excluding carboxylic acids is 3. The highest BCUT2D eigenvalue weighted by Crippen LogP contribution is 2.20. The summed E-state index contributed by atoms with van der Waals surface area (Å²) < 4.78 is 0. The van der Waals surface area contributed by atoms with Crippen LogP contribution in [-0.4, -0.2) is 36.7 Å². The van der Waals surface area contributed by atoms with E-state index in [2.05, 4.69) is 10.6 Å². The molecule has 6 nitrogen and oxygen atoms in total. The molecule has 0 fully saturated rings. The molecule has 6 heteroatoms. The Morgan fingerprint density at radius 1 is 0.806 bits per heavy atom. The van der Waals surface area contributed by atoms with Gasteiger partial charge in [0.25, 0.3) is 17.7 Å². The van der Waals surface area contributed by atoms with Gasteiger partial charge in [-0.3, -0.25) is 14.4 Å². The van der Waals surface area contributed by atoms with Crippen molar-refractivity contribution in [1.29, 1.82) is 0 Å². The van der Waals surface area contributed by atoms with E-state index in [0.29, 0.717) is 28.9 Å². The van der Waals surface area contributed by atoms with E-state index in [1.807, 2.05) is 31.2 Å². The van der Waals surface area contributed by atoms with E-state index in [1.54, 1.807) is 67.5 Å². The lowest BCUT2D eigenvalue weighted by atomic mass is 10.1. The third kappa shape index (κ3) is 5.36. The molecule has 158 valence electrons. The summed E-state index contributed by atoms with van der Waals surface area (Å²) in [6.07, 6.45) is 0. The van der Waals surface area contributed by atoms with Crippen LogP contribution in [0.5, 0.6) is 0 Å². The molecule has 0 bridgehead atoms. The SMILES string of the molecule is CNC(=O)c1ccc(CN(C)C(=O)c2ccc(C)c(NC(=O)c3ccccc3)c2)cc1. The van der Waals surface area contributed by atoms with Crippen molar-refractivity contribution in [2.45, 2.75) is 13.5 Å². The number of anilines is 1. The van der Waals surface area contributed by atoms with Gasteiger partial charge in [-0.1, -0.05) is 36.4 Å². The molecule has 0 atom stereocenters. The quantitative estimate of drug-likeness (QED) is 0.641. The fourth-order valence-corrected chi connectivity index (χ4v) is 3.15. The summed E-state index contributed by atoms with van der Waals surface area (Å²) in [6, 6.07) is 21.3. The topological polar surface area (TPSA) is 78.5 Å². The van der Waals surface area contributed by atoms with Gasteiger partial charge in [0.2, 0.25) is 0 Å². The van der Waals surface area contributed by atoms with E-state index in [9.17, 15) is 14.4 Å². The van der Waals surface area contributed by atoms with Crippen molar-refractivity contribution in [2.75, 3.05) is 19.4 Å². The van der Waals surface area contributed by atoms with Gasteiger partial charge in [0.15, 0.2) is 0 Å². The van der Waals surface area contributed by atoms with Crippen LogP contribution in [0.15, 0.2) is 72.8 Å². The summed E-state index contributed by atoms with van der Waals surface area (Å²) in [5, 5.41) is 5.47. The summed E-state index contributed by atoms with van der Waals surface area (Å²) in [6.45, 7) is 2.28. The number of carbonyl (C=O) groups is 3. The van der Waals surface area contributed by atoms with E-state index >= 15 is 0 Å². The summed E-state index contributed by atoms with van der Waals surface area (Å²) >= 11 is 0. The molecule has 3 amide bonds. The fourth-order valence-electron chi connectivity index (χ4n) is 3.15. The lowest BCUT2D eigenvalue weighted by Crippen LogP contribution is -2.26. The Kier molecular flexibility index (Phi) is 6.82. The molecule has 2 N–H and O–H groups in total. The van der Waals surface area contributed by atoms with Gasteiger partial charge in [-0.05, 0) is 54.4 Å². The second-order valence-electron chi connectivity index (χ2n) is 7.29. The first-order chi connectivity index (χ1) is 14.9. The number of benzene rings is 3. The van der Waals surface area contributed by atoms with Crippen molar-refractivity contribution >= 4 is 23.4 Å². The number of hydrogen-bond acceptors (Lipinski definition) is 3. The van der Waals surface area contributed by atoms with Crippen LogP contribution in [0.1, 0.15) is 42.2 Å². The van der Waals surface area contributed by atoms with Gasteiger partial charge in [0.1, 0.15) is 0 Å². The van der Waals surface area contributed by atoms with Crippen LogP contribution >= 0.6 is 0 Å². The van der Waals surface area contributed by atoms with Gasteiger partial charge in [-0.25, -0.2) is 0 Å². The van der Waals surface area contributed by atoms with Gasteiger partial charge < -0.3 is 15.5 Å². The minimum absolute atomic E-state index is 0.152. The maximum absolute atomic E-state index is 12.9. The van der Waals surface area contributed by atoms with Crippen molar-refractivity contribution in [3.8, 4) is 0 Å². The first-order valence-corrected chi connectivity index (χ1v) is 9.92. The van der Waals surface area contributed by atoms with Crippen LogP contribution in [0.4, 0.5) is 5.69 Å². The van der Waals surface area contributed by atoms with Gasteiger partial charge in [-0.15, -0.1) is 0 Å². The number of nitrogens with zero attached hydrogens (tertiary/aromatic N) is 1. The molecular weight excluding hydrogens is 390 g/mol. The predicted octanol–water partition coefficient (Wildman–Crippen LogP) is 3.88. The number of rotatable bonds is 6. The molecule has 31 heavy (non-hydrogen) atoms.